The monoisotopic (exact) mass is 153 g/mol. The van der Waals surface area contributed by atoms with Crippen molar-refractivity contribution in [2.24, 2.45) is 5.92 Å². The minimum absolute atomic E-state index is 0.0318. The number of carbonyl (C=O) groups excluding carboxylic acids is 2. The van der Waals surface area contributed by atoms with Gasteiger partial charge in [0, 0.05) is 18.9 Å². The molecule has 0 radical (unpaired) electrons. The SMILES string of the molecule is CC1CC1N1C(=O)CCC1=O. The molecule has 3 nitrogen and oxygen atoms in total. The number of amides is 2. The molecule has 0 bridgehead atoms. The summed E-state index contributed by atoms with van der Waals surface area (Å²) in [7, 11) is 0. The number of likely N-dealkylation sites (tertiary alicyclic amines) is 1. The zero-order chi connectivity index (χ0) is 8.01. The molecule has 2 amide bonds. The summed E-state index contributed by atoms with van der Waals surface area (Å²) < 4.78 is 0. The normalized spacial score (nSPS) is 36.6. The highest BCUT2D eigenvalue weighted by atomic mass is 16.2. The fourth-order valence-electron chi connectivity index (χ4n) is 1.63. The van der Waals surface area contributed by atoms with Crippen LogP contribution in [0, 0.1) is 5.92 Å². The molecule has 2 aliphatic rings. The van der Waals surface area contributed by atoms with Gasteiger partial charge in [0.2, 0.25) is 11.8 Å². The van der Waals surface area contributed by atoms with Crippen molar-refractivity contribution in [3.8, 4) is 0 Å². The van der Waals surface area contributed by atoms with Gasteiger partial charge >= 0.3 is 0 Å². The van der Waals surface area contributed by atoms with E-state index in [0.29, 0.717) is 18.8 Å². The van der Waals surface area contributed by atoms with E-state index in [0.717, 1.165) is 6.42 Å². The predicted molar refractivity (Wildman–Crippen MR) is 38.7 cm³/mol. The molecular formula is C8H11NO2. The van der Waals surface area contributed by atoms with Crippen LogP contribution in [0.3, 0.4) is 0 Å². The standard InChI is InChI=1S/C8H11NO2/c1-5-4-6(5)9-7(10)2-3-8(9)11/h5-6H,2-4H2,1H3. The van der Waals surface area contributed by atoms with Gasteiger partial charge in [0.15, 0.2) is 0 Å². The number of hydrogen-bond donors (Lipinski definition) is 0. The zero-order valence-electron chi connectivity index (χ0n) is 6.54. The van der Waals surface area contributed by atoms with Crippen LogP contribution >= 0.6 is 0 Å². The van der Waals surface area contributed by atoms with Crippen molar-refractivity contribution in [1.29, 1.82) is 0 Å². The second kappa shape index (κ2) is 2.06. The minimum atomic E-state index is 0.0318. The number of rotatable bonds is 1. The van der Waals surface area contributed by atoms with Gasteiger partial charge in [0.05, 0.1) is 0 Å². The average Bonchev–Trinajstić information content (AvgIpc) is 2.54. The van der Waals surface area contributed by atoms with Crippen molar-refractivity contribution in [3.05, 3.63) is 0 Å². The molecule has 1 saturated carbocycles. The van der Waals surface area contributed by atoms with Crippen LogP contribution in [0.2, 0.25) is 0 Å². The van der Waals surface area contributed by atoms with Crippen molar-refractivity contribution in [2.45, 2.75) is 32.2 Å². The number of imide groups is 1. The first-order valence-electron chi connectivity index (χ1n) is 4.05. The molecule has 2 fully saturated rings. The molecule has 2 rings (SSSR count). The lowest BCUT2D eigenvalue weighted by Crippen LogP contribution is -2.32. The third-order valence-corrected chi connectivity index (χ3v) is 2.49. The van der Waals surface area contributed by atoms with Gasteiger partial charge in [0.1, 0.15) is 0 Å². The highest BCUT2D eigenvalue weighted by Crippen LogP contribution is 2.37. The average molecular weight is 153 g/mol. The Hall–Kier alpha value is -0.860. The summed E-state index contributed by atoms with van der Waals surface area (Å²) in [6, 6.07) is 0.248. The van der Waals surface area contributed by atoms with E-state index in [1.807, 2.05) is 0 Å². The molecule has 60 valence electrons. The Morgan fingerprint density at radius 1 is 1.27 bits per heavy atom. The summed E-state index contributed by atoms with van der Waals surface area (Å²) in [6.45, 7) is 2.07. The maximum absolute atomic E-state index is 11.1. The maximum atomic E-state index is 11.1. The van der Waals surface area contributed by atoms with E-state index in [2.05, 4.69) is 6.92 Å². The van der Waals surface area contributed by atoms with Crippen LogP contribution in [0.5, 0.6) is 0 Å². The number of hydrogen-bond acceptors (Lipinski definition) is 2. The van der Waals surface area contributed by atoms with Gasteiger partial charge in [-0.1, -0.05) is 6.92 Å². The zero-order valence-corrected chi connectivity index (χ0v) is 6.54. The molecule has 11 heavy (non-hydrogen) atoms. The van der Waals surface area contributed by atoms with Gasteiger partial charge < -0.3 is 0 Å². The van der Waals surface area contributed by atoms with Crippen molar-refractivity contribution in [3.63, 3.8) is 0 Å². The Morgan fingerprint density at radius 2 is 1.73 bits per heavy atom. The predicted octanol–water partition coefficient (Wildman–Crippen LogP) is 0.544. The maximum Gasteiger partial charge on any atom is 0.229 e. The van der Waals surface area contributed by atoms with Crippen LogP contribution in [0.4, 0.5) is 0 Å². The Balaban J connectivity index is 2.11. The van der Waals surface area contributed by atoms with Crippen molar-refractivity contribution < 1.29 is 9.59 Å². The van der Waals surface area contributed by atoms with E-state index in [-0.39, 0.29) is 17.9 Å². The largest absolute Gasteiger partial charge is 0.279 e. The first kappa shape index (κ1) is 6.83. The lowest BCUT2D eigenvalue weighted by molar-refractivity contribution is -0.139. The Bertz CT molecular complexity index is 208. The van der Waals surface area contributed by atoms with Crippen molar-refractivity contribution >= 4 is 11.8 Å². The molecule has 1 heterocycles. The Morgan fingerprint density at radius 3 is 2.09 bits per heavy atom. The smallest absolute Gasteiger partial charge is 0.229 e. The number of carbonyl (C=O) groups is 2. The topological polar surface area (TPSA) is 37.4 Å². The molecule has 1 saturated heterocycles. The van der Waals surface area contributed by atoms with E-state index in [4.69, 9.17) is 0 Å². The fourth-order valence-corrected chi connectivity index (χ4v) is 1.63. The molecule has 2 unspecified atom stereocenters. The van der Waals surface area contributed by atoms with E-state index >= 15 is 0 Å². The molecule has 1 aliphatic heterocycles. The summed E-state index contributed by atoms with van der Waals surface area (Å²) in [5, 5.41) is 0. The van der Waals surface area contributed by atoms with Gasteiger partial charge in [-0.05, 0) is 12.3 Å². The van der Waals surface area contributed by atoms with Crippen molar-refractivity contribution in [2.75, 3.05) is 0 Å². The quantitative estimate of drug-likeness (QED) is 0.516. The summed E-state index contributed by atoms with van der Waals surface area (Å²) in [5.74, 6) is 0.606. The second-order valence-corrected chi connectivity index (χ2v) is 3.44. The van der Waals surface area contributed by atoms with Gasteiger partial charge in [-0.25, -0.2) is 0 Å². The lowest BCUT2D eigenvalue weighted by Gasteiger charge is -2.11. The first-order chi connectivity index (χ1) is 5.20. The molecular weight excluding hydrogens is 142 g/mol. The fraction of sp³-hybridized carbons (Fsp3) is 0.750. The highest BCUT2D eigenvalue weighted by Gasteiger charge is 2.45. The third kappa shape index (κ3) is 0.951. The molecule has 1 aliphatic carbocycles. The van der Waals surface area contributed by atoms with Gasteiger partial charge in [-0.15, -0.1) is 0 Å². The molecule has 0 aromatic rings. The highest BCUT2D eigenvalue weighted by molar-refractivity contribution is 6.02. The first-order valence-corrected chi connectivity index (χ1v) is 4.05. The van der Waals surface area contributed by atoms with Crippen molar-refractivity contribution in [1.82, 2.24) is 4.90 Å². The Labute approximate surface area is 65.4 Å². The van der Waals surface area contributed by atoms with E-state index in [9.17, 15) is 9.59 Å². The van der Waals surface area contributed by atoms with Gasteiger partial charge in [0.25, 0.3) is 0 Å². The van der Waals surface area contributed by atoms with Gasteiger partial charge in [-0.3, -0.25) is 14.5 Å². The molecule has 2 atom stereocenters. The second-order valence-electron chi connectivity index (χ2n) is 3.44. The van der Waals surface area contributed by atoms with Crippen LogP contribution in [-0.2, 0) is 9.59 Å². The van der Waals surface area contributed by atoms with E-state index in [1.165, 1.54) is 4.90 Å². The molecule has 0 N–H and O–H groups in total. The molecule has 3 heteroatoms. The lowest BCUT2D eigenvalue weighted by atomic mass is 10.4. The van der Waals surface area contributed by atoms with Crippen LogP contribution in [0.25, 0.3) is 0 Å². The van der Waals surface area contributed by atoms with Gasteiger partial charge in [-0.2, -0.15) is 0 Å². The molecule has 0 spiro atoms. The Kier molecular flexibility index (Phi) is 1.28. The van der Waals surface area contributed by atoms with E-state index in [1.54, 1.807) is 0 Å². The van der Waals surface area contributed by atoms with Crippen LogP contribution in [-0.4, -0.2) is 22.8 Å². The minimum Gasteiger partial charge on any atom is -0.279 e. The summed E-state index contributed by atoms with van der Waals surface area (Å²) >= 11 is 0. The summed E-state index contributed by atoms with van der Waals surface area (Å²) in [5.41, 5.74) is 0. The summed E-state index contributed by atoms with van der Waals surface area (Å²) in [4.78, 5) is 23.7. The van der Waals surface area contributed by atoms with Crippen LogP contribution in [0.15, 0.2) is 0 Å². The van der Waals surface area contributed by atoms with E-state index < -0.39 is 0 Å². The third-order valence-electron chi connectivity index (χ3n) is 2.49. The van der Waals surface area contributed by atoms with Crippen LogP contribution < -0.4 is 0 Å². The summed E-state index contributed by atoms with van der Waals surface area (Å²) in [6.07, 6.45) is 1.88. The molecule has 0 aromatic heterocycles. The number of nitrogens with zero attached hydrogens (tertiary/aromatic N) is 1. The molecule has 0 aromatic carbocycles. The van der Waals surface area contributed by atoms with Crippen LogP contribution in [0.1, 0.15) is 26.2 Å².